The van der Waals surface area contributed by atoms with E-state index >= 15 is 0 Å². The molecule has 1 heterocycles. The van der Waals surface area contributed by atoms with Crippen LogP contribution in [-0.2, 0) is 10.2 Å². The van der Waals surface area contributed by atoms with Gasteiger partial charge in [-0.15, -0.1) is 11.3 Å². The monoisotopic (exact) mass is 300 g/mol. The number of nitrogens with two attached hydrogens (primary N) is 1. The molecule has 2 rings (SSSR count). The van der Waals surface area contributed by atoms with E-state index in [-0.39, 0.29) is 11.3 Å². The molecule has 0 unspecified atom stereocenters. The van der Waals surface area contributed by atoms with Crippen molar-refractivity contribution in [2.24, 2.45) is 0 Å². The Bertz CT molecular complexity index is 613. The number of amides is 1. The van der Waals surface area contributed by atoms with Crippen molar-refractivity contribution in [3.63, 3.8) is 0 Å². The zero-order valence-electron chi connectivity index (χ0n) is 12.3. The van der Waals surface area contributed by atoms with Crippen molar-refractivity contribution in [2.45, 2.75) is 19.3 Å². The van der Waals surface area contributed by atoms with Crippen LogP contribution in [0, 0.1) is 0 Å². The predicted molar refractivity (Wildman–Crippen MR) is 90.2 cm³/mol. The number of rotatable bonds is 5. The number of carbonyl (C=O) groups excluding carboxylic acids is 1. The van der Waals surface area contributed by atoms with Gasteiger partial charge in [0.05, 0.1) is 0 Å². The maximum absolute atomic E-state index is 11.9. The van der Waals surface area contributed by atoms with Gasteiger partial charge in [-0.25, -0.2) is 0 Å². The summed E-state index contributed by atoms with van der Waals surface area (Å²) in [4.78, 5) is 13.1. The van der Waals surface area contributed by atoms with Crippen LogP contribution in [0.4, 0.5) is 5.69 Å². The summed E-state index contributed by atoms with van der Waals surface area (Å²) in [5.41, 5.74) is 7.24. The summed E-state index contributed by atoms with van der Waals surface area (Å²) >= 11 is 1.71. The second kappa shape index (κ2) is 6.59. The standard InChI is InChI=1S/C17H20N2OS/c1-17(2,15-4-3-11-21-15)12-19-16(20)10-7-13-5-8-14(18)9-6-13/h3-11H,12,18H2,1-2H3,(H,19,20)/b10-7+. The zero-order chi connectivity index (χ0) is 15.3. The minimum absolute atomic E-state index is 0.0567. The summed E-state index contributed by atoms with van der Waals surface area (Å²) in [5.74, 6) is -0.0866. The maximum Gasteiger partial charge on any atom is 0.244 e. The lowest BCUT2D eigenvalue weighted by Gasteiger charge is -2.23. The summed E-state index contributed by atoms with van der Waals surface area (Å²) < 4.78 is 0. The van der Waals surface area contributed by atoms with E-state index in [1.54, 1.807) is 23.5 Å². The third-order valence-corrected chi connectivity index (χ3v) is 4.49. The van der Waals surface area contributed by atoms with Crippen molar-refractivity contribution in [1.82, 2.24) is 5.32 Å². The first-order chi connectivity index (χ1) is 9.97. The van der Waals surface area contributed by atoms with Gasteiger partial charge in [0, 0.05) is 28.6 Å². The first kappa shape index (κ1) is 15.3. The fourth-order valence-electron chi connectivity index (χ4n) is 1.90. The molecule has 0 fully saturated rings. The highest BCUT2D eigenvalue weighted by molar-refractivity contribution is 7.10. The van der Waals surface area contributed by atoms with Gasteiger partial charge in [-0.3, -0.25) is 4.79 Å². The Morgan fingerprint density at radius 2 is 2.00 bits per heavy atom. The lowest BCUT2D eigenvalue weighted by Crippen LogP contribution is -2.35. The van der Waals surface area contributed by atoms with Gasteiger partial charge >= 0.3 is 0 Å². The quantitative estimate of drug-likeness (QED) is 0.656. The Balaban J connectivity index is 1.89. The van der Waals surface area contributed by atoms with Crippen LogP contribution in [0.2, 0.25) is 0 Å². The molecule has 0 bridgehead atoms. The van der Waals surface area contributed by atoms with Crippen LogP contribution < -0.4 is 11.1 Å². The lowest BCUT2D eigenvalue weighted by molar-refractivity contribution is -0.116. The average Bonchev–Trinajstić information content (AvgIpc) is 3.00. The fourth-order valence-corrected chi connectivity index (χ4v) is 2.75. The Labute approximate surface area is 129 Å². The Morgan fingerprint density at radius 3 is 2.62 bits per heavy atom. The molecule has 21 heavy (non-hydrogen) atoms. The molecular weight excluding hydrogens is 280 g/mol. The zero-order valence-corrected chi connectivity index (χ0v) is 13.1. The van der Waals surface area contributed by atoms with Gasteiger partial charge in [0.1, 0.15) is 0 Å². The third-order valence-electron chi connectivity index (χ3n) is 3.26. The number of hydrogen-bond donors (Lipinski definition) is 2. The lowest BCUT2D eigenvalue weighted by atomic mass is 9.91. The van der Waals surface area contributed by atoms with Gasteiger partial charge in [0.15, 0.2) is 0 Å². The molecule has 110 valence electrons. The van der Waals surface area contributed by atoms with Crippen LogP contribution in [0.5, 0.6) is 0 Å². The molecule has 0 aliphatic heterocycles. The number of anilines is 1. The Kier molecular flexibility index (Phi) is 4.81. The molecule has 0 saturated carbocycles. The topological polar surface area (TPSA) is 55.1 Å². The van der Waals surface area contributed by atoms with Crippen LogP contribution in [0.25, 0.3) is 6.08 Å². The number of nitrogens with one attached hydrogen (secondary N) is 1. The summed E-state index contributed by atoms with van der Waals surface area (Å²) in [6.07, 6.45) is 3.34. The van der Waals surface area contributed by atoms with Gasteiger partial charge in [-0.05, 0) is 35.2 Å². The number of carbonyl (C=O) groups is 1. The van der Waals surface area contributed by atoms with Crippen LogP contribution in [-0.4, -0.2) is 12.5 Å². The van der Waals surface area contributed by atoms with Gasteiger partial charge in [0.25, 0.3) is 0 Å². The minimum Gasteiger partial charge on any atom is -0.399 e. The maximum atomic E-state index is 11.9. The molecule has 0 atom stereocenters. The van der Waals surface area contributed by atoms with E-state index in [1.807, 2.05) is 30.3 Å². The fraction of sp³-hybridized carbons (Fsp3) is 0.235. The first-order valence-corrected chi connectivity index (χ1v) is 7.71. The van der Waals surface area contributed by atoms with E-state index in [0.717, 1.165) is 5.56 Å². The molecule has 1 amide bonds. The Hall–Kier alpha value is -2.07. The van der Waals surface area contributed by atoms with Crippen molar-refractivity contribution in [3.8, 4) is 0 Å². The normalized spacial score (nSPS) is 11.7. The molecule has 3 N–H and O–H groups in total. The molecule has 0 saturated heterocycles. The van der Waals surface area contributed by atoms with Crippen molar-refractivity contribution in [2.75, 3.05) is 12.3 Å². The highest BCUT2D eigenvalue weighted by atomic mass is 32.1. The molecule has 0 aliphatic carbocycles. The molecule has 1 aromatic carbocycles. The number of benzene rings is 1. The number of hydrogen-bond acceptors (Lipinski definition) is 3. The highest BCUT2D eigenvalue weighted by Gasteiger charge is 2.21. The molecule has 3 nitrogen and oxygen atoms in total. The van der Waals surface area contributed by atoms with E-state index in [9.17, 15) is 4.79 Å². The van der Waals surface area contributed by atoms with Crippen LogP contribution in [0.3, 0.4) is 0 Å². The van der Waals surface area contributed by atoms with Gasteiger partial charge < -0.3 is 11.1 Å². The molecular formula is C17H20N2OS. The number of nitrogen functional groups attached to an aromatic ring is 1. The largest absolute Gasteiger partial charge is 0.399 e. The number of thiophene rings is 1. The molecule has 0 spiro atoms. The van der Waals surface area contributed by atoms with Crippen molar-refractivity contribution in [1.29, 1.82) is 0 Å². The summed E-state index contributed by atoms with van der Waals surface area (Å²) in [6, 6.07) is 11.5. The average molecular weight is 300 g/mol. The van der Waals surface area contributed by atoms with E-state index in [0.29, 0.717) is 12.2 Å². The first-order valence-electron chi connectivity index (χ1n) is 6.83. The molecule has 0 radical (unpaired) electrons. The van der Waals surface area contributed by atoms with Crippen molar-refractivity contribution < 1.29 is 4.79 Å². The third kappa shape index (κ3) is 4.46. The van der Waals surface area contributed by atoms with Gasteiger partial charge in [-0.1, -0.05) is 32.0 Å². The molecule has 2 aromatic rings. The SMILES string of the molecule is CC(C)(CNC(=O)/C=C/c1ccc(N)cc1)c1cccs1. The van der Waals surface area contributed by atoms with E-state index < -0.39 is 0 Å². The van der Waals surface area contributed by atoms with Gasteiger partial charge in [-0.2, -0.15) is 0 Å². The summed E-state index contributed by atoms with van der Waals surface area (Å²) in [7, 11) is 0. The van der Waals surface area contributed by atoms with Crippen LogP contribution in [0.15, 0.2) is 47.9 Å². The smallest absolute Gasteiger partial charge is 0.244 e. The minimum atomic E-state index is -0.0866. The van der Waals surface area contributed by atoms with Crippen molar-refractivity contribution in [3.05, 3.63) is 58.3 Å². The van der Waals surface area contributed by atoms with Crippen LogP contribution in [0.1, 0.15) is 24.3 Å². The molecule has 4 heteroatoms. The Morgan fingerprint density at radius 1 is 1.29 bits per heavy atom. The summed E-state index contributed by atoms with van der Waals surface area (Å²) in [6.45, 7) is 4.87. The second-order valence-electron chi connectivity index (χ2n) is 5.58. The highest BCUT2D eigenvalue weighted by Crippen LogP contribution is 2.26. The van der Waals surface area contributed by atoms with E-state index in [4.69, 9.17) is 5.73 Å². The van der Waals surface area contributed by atoms with Crippen LogP contribution >= 0.6 is 11.3 Å². The molecule has 1 aromatic heterocycles. The van der Waals surface area contributed by atoms with E-state index in [2.05, 4.69) is 30.6 Å². The van der Waals surface area contributed by atoms with Gasteiger partial charge in [0.2, 0.25) is 5.91 Å². The van der Waals surface area contributed by atoms with Crippen molar-refractivity contribution >= 4 is 29.0 Å². The molecule has 0 aliphatic rings. The second-order valence-corrected chi connectivity index (χ2v) is 6.53. The predicted octanol–water partition coefficient (Wildman–Crippen LogP) is 3.44. The summed E-state index contributed by atoms with van der Waals surface area (Å²) in [5, 5.41) is 5.00. The van der Waals surface area contributed by atoms with E-state index in [1.165, 1.54) is 4.88 Å².